The molecule has 0 spiro atoms. The topological polar surface area (TPSA) is 129 Å². The number of carbonyl (C=O) groups is 1. The van der Waals surface area contributed by atoms with Crippen LogP contribution in [0.15, 0.2) is 43.4 Å². The normalized spacial score (nSPS) is 11.1. The fourth-order valence-electron chi connectivity index (χ4n) is 2.78. The summed E-state index contributed by atoms with van der Waals surface area (Å²) in [6.45, 7) is 0. The first-order valence-electron chi connectivity index (χ1n) is 8.72. The van der Waals surface area contributed by atoms with Crippen LogP contribution in [-0.2, 0) is 21.1 Å². The van der Waals surface area contributed by atoms with Crippen LogP contribution in [0, 0.1) is 0 Å². The highest BCUT2D eigenvalue weighted by Crippen LogP contribution is 2.32. The molecular weight excluding hydrogens is 464 g/mol. The molecule has 0 fully saturated rings. The van der Waals surface area contributed by atoms with Crippen molar-refractivity contribution in [2.24, 2.45) is 21.1 Å². The Morgan fingerprint density at radius 1 is 1.06 bits per heavy atom. The predicted octanol–water partition coefficient (Wildman–Crippen LogP) is 2.27. The molecule has 0 aliphatic carbocycles. The standard InChI is InChI=1S/C17H15ClN8O3S2/c1-24-10-11(25(2)17(29)26(3)12(10)27)20-15(24)31-16-23-22-14(30-16)21-13(28)19-9-7-5-4-6-8(9)18/h4-7H,1-3H3,(H2,19,21,22,28). The van der Waals surface area contributed by atoms with Crippen molar-refractivity contribution < 1.29 is 4.79 Å². The first-order valence-corrected chi connectivity index (χ1v) is 10.7. The van der Waals surface area contributed by atoms with E-state index in [2.05, 4.69) is 25.8 Å². The van der Waals surface area contributed by atoms with Gasteiger partial charge in [0.1, 0.15) is 0 Å². The number of benzene rings is 1. The lowest BCUT2D eigenvalue weighted by Gasteiger charge is -2.06. The molecule has 160 valence electrons. The van der Waals surface area contributed by atoms with Crippen molar-refractivity contribution in [3.8, 4) is 0 Å². The Balaban J connectivity index is 1.54. The Labute approximate surface area is 187 Å². The summed E-state index contributed by atoms with van der Waals surface area (Å²) in [5, 5.41) is 14.4. The van der Waals surface area contributed by atoms with Gasteiger partial charge in [-0.05, 0) is 23.9 Å². The van der Waals surface area contributed by atoms with Gasteiger partial charge in [-0.1, -0.05) is 35.1 Å². The van der Waals surface area contributed by atoms with Gasteiger partial charge in [0.15, 0.2) is 20.7 Å². The van der Waals surface area contributed by atoms with Gasteiger partial charge in [-0.3, -0.25) is 19.2 Å². The van der Waals surface area contributed by atoms with Crippen molar-refractivity contribution >= 4 is 62.7 Å². The van der Waals surface area contributed by atoms with Crippen molar-refractivity contribution in [2.45, 2.75) is 9.50 Å². The van der Waals surface area contributed by atoms with E-state index in [1.807, 2.05) is 0 Å². The van der Waals surface area contributed by atoms with Gasteiger partial charge in [0.2, 0.25) is 5.13 Å². The lowest BCUT2D eigenvalue weighted by molar-refractivity contribution is 0.262. The smallest absolute Gasteiger partial charge is 0.316 e. The molecule has 14 heteroatoms. The highest BCUT2D eigenvalue weighted by Gasteiger charge is 2.19. The van der Waals surface area contributed by atoms with Crippen molar-refractivity contribution in [3.63, 3.8) is 0 Å². The number of halogens is 1. The molecule has 0 atom stereocenters. The van der Waals surface area contributed by atoms with Crippen LogP contribution in [0.2, 0.25) is 5.02 Å². The molecule has 0 radical (unpaired) electrons. The molecule has 1 aromatic carbocycles. The van der Waals surface area contributed by atoms with Gasteiger partial charge in [-0.2, -0.15) is 0 Å². The Morgan fingerprint density at radius 3 is 2.55 bits per heavy atom. The number of para-hydroxylation sites is 1. The molecule has 2 amide bonds. The Bertz CT molecular complexity index is 1440. The molecule has 0 unspecified atom stereocenters. The minimum atomic E-state index is -0.512. The second-order valence-electron chi connectivity index (χ2n) is 6.37. The van der Waals surface area contributed by atoms with Crippen molar-refractivity contribution in [2.75, 3.05) is 10.6 Å². The number of hydrogen-bond acceptors (Lipinski definition) is 8. The maximum absolute atomic E-state index is 12.5. The largest absolute Gasteiger partial charge is 0.332 e. The van der Waals surface area contributed by atoms with Crippen molar-refractivity contribution in [1.29, 1.82) is 0 Å². The molecule has 2 N–H and O–H groups in total. The summed E-state index contributed by atoms with van der Waals surface area (Å²) in [7, 11) is 4.65. The van der Waals surface area contributed by atoms with Gasteiger partial charge in [0, 0.05) is 21.1 Å². The molecule has 0 saturated heterocycles. The number of aryl methyl sites for hydroxylation is 2. The van der Waals surface area contributed by atoms with E-state index in [1.54, 1.807) is 42.9 Å². The summed E-state index contributed by atoms with van der Waals surface area (Å²) in [5.41, 5.74) is 0.150. The number of nitrogens with zero attached hydrogens (tertiary/aromatic N) is 6. The zero-order valence-corrected chi connectivity index (χ0v) is 18.8. The van der Waals surface area contributed by atoms with E-state index in [-0.39, 0.29) is 10.8 Å². The minimum Gasteiger partial charge on any atom is -0.316 e. The van der Waals surface area contributed by atoms with E-state index >= 15 is 0 Å². The lowest BCUT2D eigenvalue weighted by atomic mass is 10.3. The van der Waals surface area contributed by atoms with Gasteiger partial charge in [-0.25, -0.2) is 14.6 Å². The summed E-state index contributed by atoms with van der Waals surface area (Å²) in [5.74, 6) is 0. The molecule has 3 heterocycles. The monoisotopic (exact) mass is 478 g/mol. The van der Waals surface area contributed by atoms with Gasteiger partial charge >= 0.3 is 11.7 Å². The molecule has 0 bridgehead atoms. The fraction of sp³-hybridized carbons (Fsp3) is 0.176. The summed E-state index contributed by atoms with van der Waals surface area (Å²) >= 11 is 8.33. The van der Waals surface area contributed by atoms with E-state index in [9.17, 15) is 14.4 Å². The second kappa shape index (κ2) is 8.17. The average molecular weight is 479 g/mol. The molecular formula is C17H15ClN8O3S2. The number of imidazole rings is 1. The molecule has 0 saturated carbocycles. The number of aromatic nitrogens is 6. The number of hydrogen-bond donors (Lipinski definition) is 2. The van der Waals surface area contributed by atoms with Crippen LogP contribution in [0.5, 0.6) is 0 Å². The molecule has 0 aliphatic heterocycles. The number of fused-ring (bicyclic) bond motifs is 1. The van der Waals surface area contributed by atoms with Crippen LogP contribution >= 0.6 is 34.7 Å². The third-order valence-electron chi connectivity index (χ3n) is 4.36. The highest BCUT2D eigenvalue weighted by molar-refractivity contribution is 8.01. The molecule has 11 nitrogen and oxygen atoms in total. The fourth-order valence-corrected chi connectivity index (χ4v) is 4.66. The van der Waals surface area contributed by atoms with Gasteiger partial charge in [0.05, 0.1) is 10.7 Å². The molecule has 4 aromatic rings. The first-order chi connectivity index (χ1) is 14.8. The predicted molar refractivity (Wildman–Crippen MR) is 119 cm³/mol. The number of urea groups is 1. The van der Waals surface area contributed by atoms with E-state index in [1.165, 1.54) is 11.6 Å². The molecule has 3 aromatic heterocycles. The average Bonchev–Trinajstić information content (AvgIpc) is 3.31. The number of anilines is 2. The number of amides is 2. The SMILES string of the molecule is Cn1c(=O)c2c(nc(Sc3nnc(NC(=O)Nc4ccccc4Cl)s3)n2C)n(C)c1=O. The zero-order chi connectivity index (χ0) is 22.3. The van der Waals surface area contributed by atoms with Gasteiger partial charge < -0.3 is 9.88 Å². The van der Waals surface area contributed by atoms with E-state index in [4.69, 9.17) is 11.6 Å². The molecule has 4 rings (SSSR count). The van der Waals surface area contributed by atoms with Crippen LogP contribution in [-0.4, -0.2) is 34.9 Å². The van der Waals surface area contributed by atoms with E-state index in [0.29, 0.717) is 25.7 Å². The number of rotatable bonds is 4. The summed E-state index contributed by atoms with van der Waals surface area (Å²) in [6.07, 6.45) is 0. The van der Waals surface area contributed by atoms with Crippen molar-refractivity contribution in [1.82, 2.24) is 28.9 Å². The van der Waals surface area contributed by atoms with Crippen LogP contribution < -0.4 is 21.9 Å². The quantitative estimate of drug-likeness (QED) is 0.430. The van der Waals surface area contributed by atoms with E-state index in [0.717, 1.165) is 27.7 Å². The van der Waals surface area contributed by atoms with Crippen LogP contribution in [0.25, 0.3) is 11.2 Å². The minimum absolute atomic E-state index is 0.272. The molecule has 31 heavy (non-hydrogen) atoms. The summed E-state index contributed by atoms with van der Waals surface area (Å²) < 4.78 is 4.43. The zero-order valence-electron chi connectivity index (χ0n) is 16.4. The second-order valence-corrected chi connectivity index (χ2v) is 8.96. The summed E-state index contributed by atoms with van der Waals surface area (Å²) in [6, 6.07) is 6.33. The Hall–Kier alpha value is -3.16. The van der Waals surface area contributed by atoms with Crippen LogP contribution in [0.4, 0.5) is 15.6 Å². The maximum atomic E-state index is 12.5. The maximum Gasteiger partial charge on any atom is 0.332 e. The van der Waals surface area contributed by atoms with Crippen LogP contribution in [0.3, 0.4) is 0 Å². The Morgan fingerprint density at radius 2 is 1.81 bits per heavy atom. The van der Waals surface area contributed by atoms with Crippen LogP contribution in [0.1, 0.15) is 0 Å². The van der Waals surface area contributed by atoms with Gasteiger partial charge in [0.25, 0.3) is 5.56 Å². The highest BCUT2D eigenvalue weighted by atomic mass is 35.5. The number of carbonyl (C=O) groups excluding carboxylic acids is 1. The van der Waals surface area contributed by atoms with E-state index < -0.39 is 17.3 Å². The number of nitrogens with one attached hydrogen (secondary N) is 2. The summed E-state index contributed by atoms with van der Waals surface area (Å²) in [4.78, 5) is 41.2. The third kappa shape index (κ3) is 3.94. The molecule has 0 aliphatic rings. The third-order valence-corrected chi connectivity index (χ3v) is 6.63. The lowest BCUT2D eigenvalue weighted by Crippen LogP contribution is -2.37. The first kappa shape index (κ1) is 21.1. The van der Waals surface area contributed by atoms with Crippen molar-refractivity contribution in [3.05, 3.63) is 50.1 Å². The Kier molecular flexibility index (Phi) is 5.56. The van der Waals surface area contributed by atoms with Gasteiger partial charge in [-0.15, -0.1) is 10.2 Å².